The Labute approximate surface area is 101 Å². The van der Waals surface area contributed by atoms with Gasteiger partial charge in [-0.15, -0.1) is 5.10 Å². The van der Waals surface area contributed by atoms with Crippen LogP contribution in [0.1, 0.15) is 24.8 Å². The zero-order chi connectivity index (χ0) is 11.7. The maximum Gasteiger partial charge on any atom is 0.113 e. The highest BCUT2D eigenvalue weighted by Gasteiger charge is 2.13. The minimum Gasteiger partial charge on any atom is -0.314 e. The van der Waals surface area contributed by atoms with Crippen LogP contribution in [0, 0.1) is 0 Å². The molecule has 0 amide bonds. The highest BCUT2D eigenvalue weighted by atomic mass is 15.4. The topological polar surface area (TPSA) is 42.7 Å². The lowest BCUT2D eigenvalue weighted by Crippen LogP contribution is -2.35. The van der Waals surface area contributed by atoms with Crippen LogP contribution in [-0.4, -0.2) is 27.6 Å². The average Bonchev–Trinajstić information content (AvgIpc) is 2.73. The number of fused-ring (bicyclic) bond motifs is 1. The van der Waals surface area contributed by atoms with Crippen LogP contribution in [0.5, 0.6) is 0 Å². The molecule has 2 aromatic rings. The predicted molar refractivity (Wildman–Crippen MR) is 67.9 cm³/mol. The molecule has 1 N–H and O–H groups in total. The van der Waals surface area contributed by atoms with E-state index in [4.69, 9.17) is 0 Å². The van der Waals surface area contributed by atoms with Gasteiger partial charge in [0.25, 0.3) is 0 Å². The van der Waals surface area contributed by atoms with E-state index in [-0.39, 0.29) is 0 Å². The Morgan fingerprint density at radius 3 is 3.18 bits per heavy atom. The van der Waals surface area contributed by atoms with Crippen LogP contribution >= 0.6 is 0 Å². The Hall–Kier alpha value is -1.42. The number of aromatic nitrogens is 3. The van der Waals surface area contributed by atoms with Gasteiger partial charge in [0.15, 0.2) is 0 Å². The molecule has 90 valence electrons. The summed E-state index contributed by atoms with van der Waals surface area (Å²) < 4.78 is 1.84. The molecule has 4 heteroatoms. The van der Waals surface area contributed by atoms with E-state index in [1.807, 2.05) is 11.7 Å². The van der Waals surface area contributed by atoms with E-state index < -0.39 is 0 Å². The molecular formula is C13H18N4. The van der Waals surface area contributed by atoms with Crippen molar-refractivity contribution in [3.63, 3.8) is 0 Å². The lowest BCUT2D eigenvalue weighted by molar-refractivity contribution is 0.399. The van der Waals surface area contributed by atoms with Gasteiger partial charge >= 0.3 is 0 Å². The fourth-order valence-electron chi connectivity index (χ4n) is 2.59. The molecule has 1 aliphatic rings. The molecule has 3 rings (SSSR count). The maximum atomic E-state index is 4.10. The number of benzene rings is 1. The van der Waals surface area contributed by atoms with Gasteiger partial charge in [-0.05, 0) is 43.5 Å². The number of rotatable bonds is 2. The SMILES string of the molecule is Cn1nnc2ccc(CC3CCCCN3)cc21. The van der Waals surface area contributed by atoms with E-state index in [9.17, 15) is 0 Å². The minimum absolute atomic E-state index is 0.641. The number of aryl methyl sites for hydroxylation is 1. The minimum atomic E-state index is 0.641. The first-order valence-electron chi connectivity index (χ1n) is 6.34. The molecule has 1 unspecified atom stereocenters. The van der Waals surface area contributed by atoms with Gasteiger partial charge in [0.2, 0.25) is 0 Å². The molecule has 1 aliphatic heterocycles. The summed E-state index contributed by atoms with van der Waals surface area (Å²) in [5.74, 6) is 0. The summed E-state index contributed by atoms with van der Waals surface area (Å²) in [5.41, 5.74) is 3.48. The van der Waals surface area contributed by atoms with Crippen molar-refractivity contribution < 1.29 is 0 Å². The quantitative estimate of drug-likeness (QED) is 0.853. The molecule has 1 saturated heterocycles. The third kappa shape index (κ3) is 2.17. The standard InChI is InChI=1S/C13H18N4/c1-17-13-9-10(5-6-12(13)15-16-17)8-11-4-2-3-7-14-11/h5-6,9,11,14H,2-4,7-8H2,1H3. The van der Waals surface area contributed by atoms with Crippen molar-refractivity contribution in [3.05, 3.63) is 23.8 Å². The Morgan fingerprint density at radius 1 is 1.41 bits per heavy atom. The summed E-state index contributed by atoms with van der Waals surface area (Å²) in [4.78, 5) is 0. The molecule has 0 bridgehead atoms. The van der Waals surface area contributed by atoms with Gasteiger partial charge in [-0.2, -0.15) is 0 Å². The van der Waals surface area contributed by atoms with Crippen LogP contribution in [0.4, 0.5) is 0 Å². The molecule has 1 fully saturated rings. The van der Waals surface area contributed by atoms with Gasteiger partial charge in [-0.3, -0.25) is 0 Å². The fourth-order valence-corrected chi connectivity index (χ4v) is 2.59. The van der Waals surface area contributed by atoms with Gasteiger partial charge in [-0.25, -0.2) is 4.68 Å². The third-order valence-electron chi connectivity index (χ3n) is 3.57. The van der Waals surface area contributed by atoms with Crippen molar-refractivity contribution in [2.45, 2.75) is 31.7 Å². The highest BCUT2D eigenvalue weighted by molar-refractivity contribution is 5.74. The van der Waals surface area contributed by atoms with Crippen molar-refractivity contribution >= 4 is 11.0 Å². The van der Waals surface area contributed by atoms with Crippen LogP contribution in [0.15, 0.2) is 18.2 Å². The number of hydrogen-bond acceptors (Lipinski definition) is 3. The summed E-state index contributed by atoms with van der Waals surface area (Å²) in [5, 5.41) is 11.7. The fraction of sp³-hybridized carbons (Fsp3) is 0.538. The maximum absolute atomic E-state index is 4.10. The second-order valence-corrected chi connectivity index (χ2v) is 4.89. The Balaban J connectivity index is 1.82. The molecule has 4 nitrogen and oxygen atoms in total. The summed E-state index contributed by atoms with van der Waals surface area (Å²) in [6.07, 6.45) is 5.08. The van der Waals surface area contributed by atoms with Gasteiger partial charge in [0.05, 0.1) is 5.52 Å². The molecule has 0 radical (unpaired) electrons. The van der Waals surface area contributed by atoms with E-state index in [1.54, 1.807) is 0 Å². The Bertz CT molecular complexity index is 511. The molecule has 1 aromatic heterocycles. The van der Waals surface area contributed by atoms with E-state index >= 15 is 0 Å². The van der Waals surface area contributed by atoms with Crippen molar-refractivity contribution in [2.75, 3.05) is 6.54 Å². The number of piperidine rings is 1. The van der Waals surface area contributed by atoms with Crippen LogP contribution < -0.4 is 5.32 Å². The smallest absolute Gasteiger partial charge is 0.113 e. The second kappa shape index (κ2) is 4.45. The van der Waals surface area contributed by atoms with Crippen LogP contribution in [0.3, 0.4) is 0 Å². The Morgan fingerprint density at radius 2 is 2.35 bits per heavy atom. The monoisotopic (exact) mass is 230 g/mol. The first-order chi connectivity index (χ1) is 8.33. The van der Waals surface area contributed by atoms with E-state index in [1.165, 1.54) is 31.4 Å². The van der Waals surface area contributed by atoms with Gasteiger partial charge < -0.3 is 5.32 Å². The normalized spacial score (nSPS) is 20.9. The average molecular weight is 230 g/mol. The third-order valence-corrected chi connectivity index (χ3v) is 3.57. The summed E-state index contributed by atoms with van der Waals surface area (Å²) in [6, 6.07) is 7.10. The molecule has 2 heterocycles. The van der Waals surface area contributed by atoms with E-state index in [2.05, 4.69) is 33.8 Å². The van der Waals surface area contributed by atoms with Crippen molar-refractivity contribution in [3.8, 4) is 0 Å². The number of nitrogens with zero attached hydrogens (tertiary/aromatic N) is 3. The number of nitrogens with one attached hydrogen (secondary N) is 1. The Kier molecular flexibility index (Phi) is 2.81. The van der Waals surface area contributed by atoms with Crippen LogP contribution in [0.25, 0.3) is 11.0 Å². The largest absolute Gasteiger partial charge is 0.314 e. The van der Waals surface area contributed by atoms with Gasteiger partial charge in [0.1, 0.15) is 5.52 Å². The highest BCUT2D eigenvalue weighted by Crippen LogP contribution is 2.17. The molecule has 1 atom stereocenters. The molecule has 1 aromatic carbocycles. The number of hydrogen-bond donors (Lipinski definition) is 1. The molecule has 17 heavy (non-hydrogen) atoms. The lowest BCUT2D eigenvalue weighted by atomic mass is 9.97. The first kappa shape index (κ1) is 10.7. The lowest BCUT2D eigenvalue weighted by Gasteiger charge is -2.23. The predicted octanol–water partition coefficient (Wildman–Crippen LogP) is 1.65. The zero-order valence-corrected chi connectivity index (χ0v) is 10.2. The van der Waals surface area contributed by atoms with E-state index in [0.29, 0.717) is 6.04 Å². The molecule has 0 aliphatic carbocycles. The van der Waals surface area contributed by atoms with Crippen molar-refractivity contribution in [1.29, 1.82) is 0 Å². The summed E-state index contributed by atoms with van der Waals surface area (Å²) in [6.45, 7) is 1.17. The van der Waals surface area contributed by atoms with E-state index in [0.717, 1.165) is 17.5 Å². The summed E-state index contributed by atoms with van der Waals surface area (Å²) >= 11 is 0. The summed E-state index contributed by atoms with van der Waals surface area (Å²) in [7, 11) is 1.94. The zero-order valence-electron chi connectivity index (χ0n) is 10.2. The van der Waals surface area contributed by atoms with Crippen molar-refractivity contribution in [2.24, 2.45) is 7.05 Å². The molecule has 0 saturated carbocycles. The van der Waals surface area contributed by atoms with Gasteiger partial charge in [0, 0.05) is 13.1 Å². The second-order valence-electron chi connectivity index (χ2n) is 4.89. The van der Waals surface area contributed by atoms with Gasteiger partial charge in [-0.1, -0.05) is 17.7 Å². The molecular weight excluding hydrogens is 212 g/mol. The molecule has 0 spiro atoms. The van der Waals surface area contributed by atoms with Crippen molar-refractivity contribution in [1.82, 2.24) is 20.3 Å². The first-order valence-corrected chi connectivity index (χ1v) is 6.34. The van der Waals surface area contributed by atoms with Crippen LogP contribution in [0.2, 0.25) is 0 Å². The van der Waals surface area contributed by atoms with Crippen LogP contribution in [-0.2, 0) is 13.5 Å².